The highest BCUT2D eigenvalue weighted by atomic mass is 19.1. The van der Waals surface area contributed by atoms with Crippen LogP contribution >= 0.6 is 0 Å². The second-order valence-electron chi connectivity index (χ2n) is 8.80. The zero-order valence-electron chi connectivity index (χ0n) is 19.7. The molecule has 33 heavy (non-hydrogen) atoms. The van der Waals surface area contributed by atoms with Crippen LogP contribution in [0.25, 0.3) is 11.0 Å². The molecule has 2 N–H and O–H groups in total. The van der Waals surface area contributed by atoms with Crippen LogP contribution in [0.4, 0.5) is 4.39 Å². The third kappa shape index (κ3) is 4.83. The predicted octanol–water partition coefficient (Wildman–Crippen LogP) is 2.84. The number of hydrogen-bond acceptors (Lipinski definition) is 5. The minimum atomic E-state index is -0.308. The largest absolute Gasteiger partial charge is 0.496 e. The van der Waals surface area contributed by atoms with E-state index in [1.54, 1.807) is 38.9 Å². The first-order valence-electron chi connectivity index (χ1n) is 11.4. The normalized spacial score (nSPS) is 20.9. The summed E-state index contributed by atoms with van der Waals surface area (Å²) in [7, 11) is 6.79. The summed E-state index contributed by atoms with van der Waals surface area (Å²) in [6, 6.07) is 11.7. The Morgan fingerprint density at radius 1 is 1.00 bits per heavy atom. The molecule has 1 aliphatic carbocycles. The Bertz CT molecular complexity index is 1170. The summed E-state index contributed by atoms with van der Waals surface area (Å²) in [5.41, 5.74) is 2.85. The van der Waals surface area contributed by atoms with Crippen molar-refractivity contribution in [2.45, 2.75) is 50.5 Å². The first-order valence-corrected chi connectivity index (χ1v) is 11.4. The first kappa shape index (κ1) is 23.5. The molecule has 3 atom stereocenters. The van der Waals surface area contributed by atoms with Gasteiger partial charge in [-0.25, -0.2) is 9.18 Å². The van der Waals surface area contributed by atoms with Gasteiger partial charge in [0.05, 0.1) is 24.2 Å². The Balaban J connectivity index is 1.37. The van der Waals surface area contributed by atoms with Gasteiger partial charge in [0.25, 0.3) is 0 Å². The van der Waals surface area contributed by atoms with Crippen LogP contribution < -0.4 is 21.1 Å². The predicted molar refractivity (Wildman–Crippen MR) is 127 cm³/mol. The molecular weight excluding hydrogens is 423 g/mol. The molecule has 2 aromatic carbocycles. The van der Waals surface area contributed by atoms with Crippen LogP contribution in [0.15, 0.2) is 41.2 Å². The van der Waals surface area contributed by atoms with E-state index in [4.69, 9.17) is 9.47 Å². The average molecular weight is 457 g/mol. The Labute approximate surface area is 193 Å². The van der Waals surface area contributed by atoms with Crippen molar-refractivity contribution in [1.82, 2.24) is 19.8 Å². The van der Waals surface area contributed by atoms with Crippen LogP contribution in [0, 0.1) is 5.82 Å². The van der Waals surface area contributed by atoms with Crippen molar-refractivity contribution in [3.8, 4) is 5.75 Å². The van der Waals surface area contributed by atoms with Crippen molar-refractivity contribution in [3.63, 3.8) is 0 Å². The molecular formula is C25H33FN4O3. The number of nitrogens with one attached hydrogen (secondary N) is 2. The summed E-state index contributed by atoms with van der Waals surface area (Å²) in [6.45, 7) is 1.12. The van der Waals surface area contributed by atoms with Gasteiger partial charge in [-0.05, 0) is 31.4 Å². The highest BCUT2D eigenvalue weighted by Crippen LogP contribution is 2.25. The number of para-hydroxylation sites is 1. The summed E-state index contributed by atoms with van der Waals surface area (Å²) >= 11 is 0. The SMILES string of the molecule is COc1ccccc1CN[C@H]1CC[C@H](NCc2cc3c(cc2F)n(C)c(=O)n3C)[C@H](OC)C1. The van der Waals surface area contributed by atoms with E-state index in [1.807, 2.05) is 18.2 Å². The van der Waals surface area contributed by atoms with Crippen molar-refractivity contribution in [1.29, 1.82) is 0 Å². The highest BCUT2D eigenvalue weighted by Gasteiger charge is 2.30. The number of halogens is 1. The lowest BCUT2D eigenvalue weighted by Gasteiger charge is -2.36. The van der Waals surface area contributed by atoms with Crippen molar-refractivity contribution in [3.05, 3.63) is 63.8 Å². The molecule has 7 nitrogen and oxygen atoms in total. The minimum Gasteiger partial charge on any atom is -0.496 e. The first-order chi connectivity index (χ1) is 15.9. The third-order valence-electron chi connectivity index (χ3n) is 6.86. The molecule has 4 rings (SSSR count). The van der Waals surface area contributed by atoms with Crippen molar-refractivity contribution in [2.75, 3.05) is 14.2 Å². The smallest absolute Gasteiger partial charge is 0.328 e. The zero-order chi connectivity index (χ0) is 23.5. The molecule has 0 unspecified atom stereocenters. The maximum atomic E-state index is 14.7. The van der Waals surface area contributed by atoms with Gasteiger partial charge in [0.1, 0.15) is 11.6 Å². The fraction of sp³-hybridized carbons (Fsp3) is 0.480. The summed E-state index contributed by atoms with van der Waals surface area (Å²) in [6.07, 6.45) is 2.83. The van der Waals surface area contributed by atoms with Gasteiger partial charge in [-0.15, -0.1) is 0 Å². The Hall–Kier alpha value is -2.68. The van der Waals surface area contributed by atoms with Gasteiger partial charge >= 0.3 is 5.69 Å². The van der Waals surface area contributed by atoms with Crippen LogP contribution in [0.1, 0.15) is 30.4 Å². The van der Waals surface area contributed by atoms with Crippen molar-refractivity contribution in [2.24, 2.45) is 14.1 Å². The van der Waals surface area contributed by atoms with Gasteiger partial charge in [0.15, 0.2) is 0 Å². The van der Waals surface area contributed by atoms with Crippen LogP contribution in [0.5, 0.6) is 5.75 Å². The molecule has 0 radical (unpaired) electrons. The second kappa shape index (κ2) is 10.1. The number of fused-ring (bicyclic) bond motifs is 1. The van der Waals surface area contributed by atoms with E-state index < -0.39 is 0 Å². The van der Waals surface area contributed by atoms with E-state index in [1.165, 1.54) is 10.6 Å². The molecule has 1 aromatic heterocycles. The van der Waals surface area contributed by atoms with E-state index in [0.717, 1.165) is 42.6 Å². The van der Waals surface area contributed by atoms with Gasteiger partial charge in [-0.3, -0.25) is 9.13 Å². The van der Waals surface area contributed by atoms with Crippen LogP contribution in [-0.2, 0) is 31.9 Å². The quantitative estimate of drug-likeness (QED) is 0.546. The number of rotatable bonds is 8. The molecule has 1 saturated carbocycles. The standard InChI is InChI=1S/C25H33FN4O3/c1-29-21-11-17(19(26)13-22(21)30(2)25(29)31)15-28-20-10-9-18(12-24(20)33-4)27-14-16-7-5-6-8-23(16)32-3/h5-8,11,13,18,20,24,27-28H,9-10,12,14-15H2,1-4H3/t18-,20-,24+/m0/s1. The lowest BCUT2D eigenvalue weighted by molar-refractivity contribution is 0.0297. The van der Waals surface area contributed by atoms with Crippen LogP contribution in [0.2, 0.25) is 0 Å². The van der Waals surface area contributed by atoms with Crippen molar-refractivity contribution >= 4 is 11.0 Å². The fourth-order valence-corrected chi connectivity index (χ4v) is 4.85. The minimum absolute atomic E-state index is 0.0294. The molecule has 3 aromatic rings. The second-order valence-corrected chi connectivity index (χ2v) is 8.80. The molecule has 1 heterocycles. The highest BCUT2D eigenvalue weighted by molar-refractivity contribution is 5.77. The molecule has 0 saturated heterocycles. The number of ether oxygens (including phenoxy) is 2. The Morgan fingerprint density at radius 3 is 2.42 bits per heavy atom. The average Bonchev–Trinajstić information content (AvgIpc) is 3.04. The van der Waals surface area contributed by atoms with Crippen LogP contribution in [-0.4, -0.2) is 41.5 Å². The Morgan fingerprint density at radius 2 is 1.70 bits per heavy atom. The molecule has 178 valence electrons. The summed E-state index contributed by atoms with van der Waals surface area (Å²) in [5.74, 6) is 0.580. The Kier molecular flexibility index (Phi) is 7.17. The number of imidazole rings is 1. The van der Waals surface area contributed by atoms with Gasteiger partial charge in [0.2, 0.25) is 0 Å². The molecule has 1 fully saturated rings. The number of aromatic nitrogens is 2. The number of benzene rings is 2. The zero-order valence-corrected chi connectivity index (χ0v) is 19.7. The monoisotopic (exact) mass is 456 g/mol. The number of methoxy groups -OCH3 is 2. The van der Waals surface area contributed by atoms with E-state index in [-0.39, 0.29) is 23.7 Å². The van der Waals surface area contributed by atoms with Gasteiger partial charge < -0.3 is 20.1 Å². The van der Waals surface area contributed by atoms with Crippen LogP contribution in [0.3, 0.4) is 0 Å². The van der Waals surface area contributed by atoms with Crippen molar-refractivity contribution < 1.29 is 13.9 Å². The van der Waals surface area contributed by atoms with E-state index in [9.17, 15) is 9.18 Å². The molecule has 8 heteroatoms. The maximum absolute atomic E-state index is 14.7. The number of hydrogen-bond donors (Lipinski definition) is 2. The maximum Gasteiger partial charge on any atom is 0.328 e. The van der Waals surface area contributed by atoms with Gasteiger partial charge in [-0.1, -0.05) is 18.2 Å². The fourth-order valence-electron chi connectivity index (χ4n) is 4.85. The van der Waals surface area contributed by atoms with Gasteiger partial charge in [0, 0.05) is 63.6 Å². The number of aryl methyl sites for hydroxylation is 2. The van der Waals surface area contributed by atoms with E-state index in [2.05, 4.69) is 16.7 Å². The van der Waals surface area contributed by atoms with E-state index in [0.29, 0.717) is 23.7 Å². The lowest BCUT2D eigenvalue weighted by Crippen LogP contribution is -2.49. The third-order valence-corrected chi connectivity index (χ3v) is 6.86. The van der Waals surface area contributed by atoms with E-state index >= 15 is 0 Å². The summed E-state index contributed by atoms with van der Waals surface area (Å²) in [4.78, 5) is 12.2. The molecule has 0 bridgehead atoms. The lowest BCUT2D eigenvalue weighted by atomic mass is 9.88. The molecule has 1 aliphatic rings. The number of nitrogens with zero attached hydrogens (tertiary/aromatic N) is 2. The summed E-state index contributed by atoms with van der Waals surface area (Å²) < 4.78 is 29.0. The molecule has 0 aliphatic heterocycles. The topological polar surface area (TPSA) is 69.5 Å². The summed E-state index contributed by atoms with van der Waals surface area (Å²) in [5, 5.41) is 7.12. The molecule has 0 amide bonds. The van der Waals surface area contributed by atoms with Gasteiger partial charge in [-0.2, -0.15) is 0 Å². The molecule has 0 spiro atoms.